The summed E-state index contributed by atoms with van der Waals surface area (Å²) in [7, 11) is 0. The first-order chi connectivity index (χ1) is 6.74. The van der Waals surface area contributed by atoms with Crippen molar-refractivity contribution in [1.29, 1.82) is 0 Å². The van der Waals surface area contributed by atoms with Gasteiger partial charge in [0.15, 0.2) is 0 Å². The zero-order chi connectivity index (χ0) is 10.1. The molecular formula is C11H14Cl2N2. The topological polar surface area (TPSA) is 41.8 Å². The SMILES string of the molecule is Cc1ccc2c(CCN)c[nH]c2c1Cl.Cl. The van der Waals surface area contributed by atoms with Gasteiger partial charge in [-0.2, -0.15) is 0 Å². The number of benzene rings is 1. The summed E-state index contributed by atoms with van der Waals surface area (Å²) in [4.78, 5) is 3.19. The molecule has 0 atom stereocenters. The number of rotatable bonds is 2. The van der Waals surface area contributed by atoms with E-state index in [9.17, 15) is 0 Å². The first kappa shape index (κ1) is 12.4. The second kappa shape index (κ2) is 4.88. The fourth-order valence-electron chi connectivity index (χ4n) is 1.69. The van der Waals surface area contributed by atoms with Crippen LogP contribution in [0.5, 0.6) is 0 Å². The smallest absolute Gasteiger partial charge is 0.0676 e. The second-order valence-electron chi connectivity index (χ2n) is 3.47. The summed E-state index contributed by atoms with van der Waals surface area (Å²) < 4.78 is 0. The lowest BCUT2D eigenvalue weighted by atomic mass is 10.1. The Morgan fingerprint density at radius 2 is 2.13 bits per heavy atom. The van der Waals surface area contributed by atoms with Gasteiger partial charge in [0.1, 0.15) is 0 Å². The van der Waals surface area contributed by atoms with Gasteiger partial charge in [-0.1, -0.05) is 23.7 Å². The average Bonchev–Trinajstić information content (AvgIpc) is 2.57. The maximum atomic E-state index is 6.18. The highest BCUT2D eigenvalue weighted by Gasteiger charge is 2.07. The third kappa shape index (κ3) is 2.12. The number of aryl methyl sites for hydroxylation is 1. The van der Waals surface area contributed by atoms with Crippen LogP contribution in [0, 0.1) is 6.92 Å². The lowest BCUT2D eigenvalue weighted by molar-refractivity contribution is 0.976. The van der Waals surface area contributed by atoms with Crippen molar-refractivity contribution in [2.24, 2.45) is 5.73 Å². The molecule has 1 heterocycles. The zero-order valence-electron chi connectivity index (χ0n) is 8.51. The van der Waals surface area contributed by atoms with E-state index in [-0.39, 0.29) is 12.4 Å². The maximum Gasteiger partial charge on any atom is 0.0676 e. The van der Waals surface area contributed by atoms with Gasteiger partial charge < -0.3 is 10.7 Å². The Kier molecular flexibility index (Phi) is 4.03. The Morgan fingerprint density at radius 1 is 1.40 bits per heavy atom. The molecule has 0 saturated carbocycles. The summed E-state index contributed by atoms with van der Waals surface area (Å²) in [5.41, 5.74) is 8.89. The number of nitrogens with two attached hydrogens (primary N) is 1. The van der Waals surface area contributed by atoms with Gasteiger partial charge in [-0.25, -0.2) is 0 Å². The van der Waals surface area contributed by atoms with Gasteiger partial charge in [0.25, 0.3) is 0 Å². The summed E-state index contributed by atoms with van der Waals surface area (Å²) in [6, 6.07) is 4.14. The van der Waals surface area contributed by atoms with Gasteiger partial charge in [-0.3, -0.25) is 0 Å². The molecule has 1 aromatic carbocycles. The van der Waals surface area contributed by atoms with Gasteiger partial charge in [-0.15, -0.1) is 12.4 Å². The van der Waals surface area contributed by atoms with E-state index in [2.05, 4.69) is 11.1 Å². The Labute approximate surface area is 100 Å². The minimum Gasteiger partial charge on any atom is -0.360 e. The summed E-state index contributed by atoms with van der Waals surface area (Å²) in [5, 5.41) is 2.00. The molecule has 4 heteroatoms. The number of H-pyrrole nitrogens is 1. The predicted molar refractivity (Wildman–Crippen MR) is 68.1 cm³/mol. The van der Waals surface area contributed by atoms with Crippen LogP contribution in [0.15, 0.2) is 18.3 Å². The maximum absolute atomic E-state index is 6.18. The summed E-state index contributed by atoms with van der Waals surface area (Å²) >= 11 is 6.18. The van der Waals surface area contributed by atoms with Crippen LogP contribution in [0.3, 0.4) is 0 Å². The van der Waals surface area contributed by atoms with Crippen LogP contribution in [-0.4, -0.2) is 11.5 Å². The molecule has 0 saturated heterocycles. The molecular weight excluding hydrogens is 231 g/mol. The summed E-state index contributed by atoms with van der Waals surface area (Å²) in [6.45, 7) is 2.67. The molecule has 0 aliphatic heterocycles. The van der Waals surface area contributed by atoms with E-state index in [0.717, 1.165) is 22.5 Å². The second-order valence-corrected chi connectivity index (χ2v) is 3.85. The first-order valence-electron chi connectivity index (χ1n) is 4.69. The zero-order valence-corrected chi connectivity index (χ0v) is 10.1. The highest BCUT2D eigenvalue weighted by Crippen LogP contribution is 2.28. The van der Waals surface area contributed by atoms with Gasteiger partial charge >= 0.3 is 0 Å². The van der Waals surface area contributed by atoms with Crippen molar-refractivity contribution in [2.75, 3.05) is 6.54 Å². The van der Waals surface area contributed by atoms with E-state index in [1.165, 1.54) is 10.9 Å². The van der Waals surface area contributed by atoms with Crippen molar-refractivity contribution < 1.29 is 0 Å². The highest BCUT2D eigenvalue weighted by atomic mass is 35.5. The summed E-state index contributed by atoms with van der Waals surface area (Å²) in [6.07, 6.45) is 2.88. The Bertz CT molecular complexity index is 463. The highest BCUT2D eigenvalue weighted by molar-refractivity contribution is 6.36. The van der Waals surface area contributed by atoms with Gasteiger partial charge in [0, 0.05) is 11.6 Å². The molecule has 0 amide bonds. The Balaban J connectivity index is 0.00000112. The van der Waals surface area contributed by atoms with Crippen LogP contribution in [0.25, 0.3) is 10.9 Å². The third-order valence-electron chi connectivity index (χ3n) is 2.49. The van der Waals surface area contributed by atoms with E-state index >= 15 is 0 Å². The minimum atomic E-state index is 0. The van der Waals surface area contributed by atoms with Gasteiger partial charge in [0.2, 0.25) is 0 Å². The number of halogens is 2. The number of fused-ring (bicyclic) bond motifs is 1. The molecule has 0 spiro atoms. The standard InChI is InChI=1S/C11H13ClN2.ClH/c1-7-2-3-9-8(4-5-13)6-14-11(9)10(7)12;/h2-3,6,14H,4-5,13H2,1H3;1H. The molecule has 0 unspecified atom stereocenters. The van der Waals surface area contributed by atoms with Crippen molar-refractivity contribution >= 4 is 34.9 Å². The number of hydrogen-bond acceptors (Lipinski definition) is 1. The van der Waals surface area contributed by atoms with Crippen LogP contribution in [0.4, 0.5) is 0 Å². The van der Waals surface area contributed by atoms with Crippen LogP contribution < -0.4 is 5.73 Å². The fourth-order valence-corrected chi connectivity index (χ4v) is 1.91. The molecule has 0 aliphatic rings. The minimum absolute atomic E-state index is 0. The lowest BCUT2D eigenvalue weighted by Crippen LogP contribution is -2.01. The van der Waals surface area contributed by atoms with Crippen LogP contribution >= 0.6 is 24.0 Å². The normalized spacial score (nSPS) is 10.3. The molecule has 2 nitrogen and oxygen atoms in total. The molecule has 15 heavy (non-hydrogen) atoms. The molecule has 82 valence electrons. The van der Waals surface area contributed by atoms with E-state index in [0.29, 0.717) is 6.54 Å². The fraction of sp³-hybridized carbons (Fsp3) is 0.273. The van der Waals surface area contributed by atoms with Gasteiger partial charge in [-0.05, 0) is 31.0 Å². The van der Waals surface area contributed by atoms with Crippen LogP contribution in [-0.2, 0) is 6.42 Å². The molecule has 0 aliphatic carbocycles. The van der Waals surface area contributed by atoms with Gasteiger partial charge in [0.05, 0.1) is 10.5 Å². The molecule has 1 aromatic heterocycles. The summed E-state index contributed by atoms with van der Waals surface area (Å²) in [5.74, 6) is 0. The Morgan fingerprint density at radius 3 is 2.80 bits per heavy atom. The largest absolute Gasteiger partial charge is 0.360 e. The van der Waals surface area contributed by atoms with Crippen molar-refractivity contribution in [1.82, 2.24) is 4.98 Å². The average molecular weight is 245 g/mol. The molecule has 3 N–H and O–H groups in total. The molecule has 0 bridgehead atoms. The molecule has 2 rings (SSSR count). The third-order valence-corrected chi connectivity index (χ3v) is 2.97. The quantitative estimate of drug-likeness (QED) is 0.838. The van der Waals surface area contributed by atoms with E-state index < -0.39 is 0 Å². The number of hydrogen-bond donors (Lipinski definition) is 2. The number of aromatic amines is 1. The molecule has 2 aromatic rings. The lowest BCUT2D eigenvalue weighted by Gasteiger charge is -2.00. The van der Waals surface area contributed by atoms with E-state index in [4.69, 9.17) is 17.3 Å². The number of aromatic nitrogens is 1. The van der Waals surface area contributed by atoms with Crippen molar-refractivity contribution in [3.8, 4) is 0 Å². The van der Waals surface area contributed by atoms with Crippen LogP contribution in [0.2, 0.25) is 5.02 Å². The van der Waals surface area contributed by atoms with Crippen molar-refractivity contribution in [2.45, 2.75) is 13.3 Å². The van der Waals surface area contributed by atoms with E-state index in [1.807, 2.05) is 19.2 Å². The van der Waals surface area contributed by atoms with Crippen molar-refractivity contribution in [3.63, 3.8) is 0 Å². The van der Waals surface area contributed by atoms with E-state index in [1.54, 1.807) is 0 Å². The first-order valence-corrected chi connectivity index (χ1v) is 5.07. The van der Waals surface area contributed by atoms with Crippen LogP contribution in [0.1, 0.15) is 11.1 Å². The Hall–Kier alpha value is -0.700. The monoisotopic (exact) mass is 244 g/mol. The van der Waals surface area contributed by atoms with Crippen molar-refractivity contribution in [3.05, 3.63) is 34.5 Å². The number of nitrogens with one attached hydrogen (secondary N) is 1. The predicted octanol–water partition coefficient (Wildman–Crippen LogP) is 3.05. The molecule has 0 radical (unpaired) electrons. The molecule has 0 fully saturated rings.